The summed E-state index contributed by atoms with van der Waals surface area (Å²) in [4.78, 5) is 19.4. The van der Waals surface area contributed by atoms with Gasteiger partial charge in [0.15, 0.2) is 5.96 Å². The fraction of sp³-hybridized carbons (Fsp3) is 0.391. The van der Waals surface area contributed by atoms with Crippen molar-refractivity contribution in [1.82, 2.24) is 15.5 Å². The first-order valence-corrected chi connectivity index (χ1v) is 11.2. The number of thioether (sulfide) groups is 1. The van der Waals surface area contributed by atoms with Crippen LogP contribution in [0.3, 0.4) is 0 Å². The summed E-state index contributed by atoms with van der Waals surface area (Å²) in [7, 11) is 1.79. The molecule has 1 aliphatic heterocycles. The lowest BCUT2D eigenvalue weighted by Crippen LogP contribution is -2.36. The van der Waals surface area contributed by atoms with Crippen molar-refractivity contribution in [3.8, 4) is 0 Å². The summed E-state index contributed by atoms with van der Waals surface area (Å²) in [6.07, 6.45) is 3.76. The van der Waals surface area contributed by atoms with Crippen molar-refractivity contribution >= 4 is 23.6 Å². The van der Waals surface area contributed by atoms with Crippen molar-refractivity contribution in [2.24, 2.45) is 4.99 Å². The minimum absolute atomic E-state index is 0.263. The number of nitrogens with zero attached hydrogens (tertiary/aromatic N) is 2. The number of amides is 1. The van der Waals surface area contributed by atoms with Gasteiger partial charge in [0.2, 0.25) is 5.91 Å². The summed E-state index contributed by atoms with van der Waals surface area (Å²) in [6.45, 7) is 5.10. The molecular weight excluding hydrogens is 380 g/mol. The Labute approximate surface area is 178 Å². The van der Waals surface area contributed by atoms with Gasteiger partial charge in [-0.25, -0.2) is 0 Å². The van der Waals surface area contributed by atoms with Gasteiger partial charge in [-0.15, -0.1) is 11.8 Å². The van der Waals surface area contributed by atoms with E-state index in [1.165, 1.54) is 27.1 Å². The van der Waals surface area contributed by atoms with Crippen molar-refractivity contribution in [2.75, 3.05) is 19.8 Å². The van der Waals surface area contributed by atoms with Crippen LogP contribution in [-0.2, 0) is 24.4 Å². The molecule has 0 atom stereocenters. The number of aliphatic imine (C=N–C) groups is 1. The highest BCUT2D eigenvalue weighted by Crippen LogP contribution is 2.21. The monoisotopic (exact) mass is 410 g/mol. The zero-order valence-electron chi connectivity index (χ0n) is 17.5. The number of nitrogens with one attached hydrogen (secondary N) is 2. The van der Waals surface area contributed by atoms with Crippen LogP contribution in [0.5, 0.6) is 0 Å². The van der Waals surface area contributed by atoms with Gasteiger partial charge in [-0.3, -0.25) is 9.79 Å². The van der Waals surface area contributed by atoms with Crippen LogP contribution in [-0.4, -0.2) is 36.6 Å². The molecule has 0 aliphatic carbocycles. The van der Waals surface area contributed by atoms with E-state index in [0.717, 1.165) is 25.5 Å². The van der Waals surface area contributed by atoms with Crippen molar-refractivity contribution < 1.29 is 4.79 Å². The lowest BCUT2D eigenvalue weighted by molar-refractivity contribution is -0.128. The topological polar surface area (TPSA) is 56.7 Å². The predicted octanol–water partition coefficient (Wildman–Crippen LogP) is 3.70. The van der Waals surface area contributed by atoms with Crippen LogP contribution in [0.1, 0.15) is 35.1 Å². The Bertz CT molecular complexity index is 881. The molecular formula is C23H30N4OS. The Morgan fingerprint density at radius 2 is 1.93 bits per heavy atom. The van der Waals surface area contributed by atoms with E-state index in [1.807, 2.05) is 4.90 Å². The molecule has 0 unspecified atom stereocenters. The van der Waals surface area contributed by atoms with E-state index in [-0.39, 0.29) is 5.91 Å². The van der Waals surface area contributed by atoms with Gasteiger partial charge in [0.1, 0.15) is 0 Å². The van der Waals surface area contributed by atoms with E-state index in [1.54, 1.807) is 18.8 Å². The van der Waals surface area contributed by atoms with Crippen LogP contribution in [0.15, 0.2) is 52.4 Å². The van der Waals surface area contributed by atoms with Gasteiger partial charge in [-0.05, 0) is 47.9 Å². The van der Waals surface area contributed by atoms with Crippen LogP contribution in [0, 0.1) is 6.92 Å². The molecule has 1 fully saturated rings. The number of carbonyl (C=O) groups is 1. The lowest BCUT2D eigenvalue weighted by Gasteiger charge is -2.17. The Morgan fingerprint density at radius 1 is 1.14 bits per heavy atom. The fourth-order valence-electron chi connectivity index (χ4n) is 3.51. The van der Waals surface area contributed by atoms with Gasteiger partial charge in [0, 0.05) is 44.5 Å². The number of hydrogen-bond acceptors (Lipinski definition) is 3. The summed E-state index contributed by atoms with van der Waals surface area (Å²) in [5, 5.41) is 6.79. The molecule has 0 bridgehead atoms. The molecule has 0 aromatic heterocycles. The average molecular weight is 411 g/mol. The average Bonchev–Trinajstić information content (AvgIpc) is 3.13. The first-order valence-electron chi connectivity index (χ1n) is 10.0. The van der Waals surface area contributed by atoms with Gasteiger partial charge >= 0.3 is 0 Å². The maximum atomic E-state index is 11.9. The van der Waals surface area contributed by atoms with Gasteiger partial charge in [-0.2, -0.15) is 0 Å². The maximum absolute atomic E-state index is 11.9. The van der Waals surface area contributed by atoms with Crippen molar-refractivity contribution in [2.45, 2.75) is 44.3 Å². The maximum Gasteiger partial charge on any atom is 0.222 e. The molecule has 0 radical (unpaired) electrons. The summed E-state index contributed by atoms with van der Waals surface area (Å²) in [5.41, 5.74) is 4.89. The molecule has 1 heterocycles. The van der Waals surface area contributed by atoms with Crippen LogP contribution in [0.25, 0.3) is 0 Å². The van der Waals surface area contributed by atoms with Gasteiger partial charge < -0.3 is 15.5 Å². The zero-order chi connectivity index (χ0) is 20.6. The van der Waals surface area contributed by atoms with Crippen molar-refractivity contribution in [3.63, 3.8) is 0 Å². The van der Waals surface area contributed by atoms with Crippen molar-refractivity contribution in [1.29, 1.82) is 0 Å². The summed E-state index contributed by atoms with van der Waals surface area (Å²) in [5.74, 6) is 1.04. The Kier molecular flexibility index (Phi) is 7.58. The molecule has 0 saturated carbocycles. The minimum atomic E-state index is 0.263. The molecule has 5 nitrogen and oxygen atoms in total. The van der Waals surface area contributed by atoms with E-state index in [9.17, 15) is 4.79 Å². The number of guanidine groups is 1. The lowest BCUT2D eigenvalue weighted by atomic mass is 10.1. The second kappa shape index (κ2) is 10.3. The van der Waals surface area contributed by atoms with Gasteiger partial charge in [0.05, 0.1) is 0 Å². The molecule has 2 aromatic rings. The van der Waals surface area contributed by atoms with Crippen LogP contribution in [0.4, 0.5) is 0 Å². The van der Waals surface area contributed by atoms with Crippen LogP contribution < -0.4 is 10.6 Å². The standard InChI is InChI=1S/C23H30N4OS/c1-17-9-10-20(21(12-17)29-3)15-26-23(24-2)25-14-18-6-4-7-19(13-18)16-27-11-5-8-22(27)28/h4,6-7,9-10,12-13H,5,8,11,14-16H2,1-3H3,(H2,24,25,26). The fourth-order valence-corrected chi connectivity index (χ4v) is 4.22. The van der Waals surface area contributed by atoms with E-state index >= 15 is 0 Å². The molecule has 3 rings (SSSR count). The Balaban J connectivity index is 1.54. The van der Waals surface area contributed by atoms with Crippen LogP contribution in [0.2, 0.25) is 0 Å². The molecule has 1 amide bonds. The highest BCUT2D eigenvalue weighted by molar-refractivity contribution is 7.98. The Morgan fingerprint density at radius 3 is 2.66 bits per heavy atom. The van der Waals surface area contributed by atoms with Crippen LogP contribution >= 0.6 is 11.8 Å². The normalized spacial score (nSPS) is 14.4. The molecule has 29 heavy (non-hydrogen) atoms. The number of hydrogen-bond donors (Lipinski definition) is 2. The van der Waals surface area contributed by atoms with Gasteiger partial charge in [0.25, 0.3) is 0 Å². The third-order valence-electron chi connectivity index (χ3n) is 5.11. The third kappa shape index (κ3) is 6.00. The predicted molar refractivity (Wildman–Crippen MR) is 121 cm³/mol. The molecule has 2 N–H and O–H groups in total. The van der Waals surface area contributed by atoms with E-state index in [0.29, 0.717) is 19.5 Å². The smallest absolute Gasteiger partial charge is 0.222 e. The number of likely N-dealkylation sites (tertiary alicyclic amines) is 1. The minimum Gasteiger partial charge on any atom is -0.352 e. The highest BCUT2D eigenvalue weighted by Gasteiger charge is 2.19. The molecule has 1 aliphatic rings. The van der Waals surface area contributed by atoms with E-state index in [4.69, 9.17) is 0 Å². The molecule has 0 spiro atoms. The summed E-state index contributed by atoms with van der Waals surface area (Å²) in [6, 6.07) is 14.9. The number of benzene rings is 2. The third-order valence-corrected chi connectivity index (χ3v) is 5.93. The highest BCUT2D eigenvalue weighted by atomic mass is 32.2. The summed E-state index contributed by atoms with van der Waals surface area (Å²) >= 11 is 1.77. The Hall–Kier alpha value is -2.47. The molecule has 2 aromatic carbocycles. The molecule has 1 saturated heterocycles. The quantitative estimate of drug-likeness (QED) is 0.415. The second-order valence-electron chi connectivity index (χ2n) is 7.33. The molecule has 154 valence electrons. The van der Waals surface area contributed by atoms with Crippen molar-refractivity contribution in [3.05, 3.63) is 64.7 Å². The number of rotatable bonds is 7. The second-order valence-corrected chi connectivity index (χ2v) is 8.18. The summed E-state index contributed by atoms with van der Waals surface area (Å²) < 4.78 is 0. The first kappa shape index (κ1) is 21.2. The molecule has 6 heteroatoms. The number of carbonyl (C=O) groups excluding carboxylic acids is 1. The van der Waals surface area contributed by atoms with E-state index in [2.05, 4.69) is 71.3 Å². The number of aryl methyl sites for hydroxylation is 1. The largest absolute Gasteiger partial charge is 0.352 e. The first-order chi connectivity index (χ1) is 14.1. The van der Waals surface area contributed by atoms with Gasteiger partial charge in [-0.1, -0.05) is 36.4 Å². The van der Waals surface area contributed by atoms with E-state index < -0.39 is 0 Å². The zero-order valence-corrected chi connectivity index (χ0v) is 18.3. The SMILES string of the molecule is CN=C(NCc1cccc(CN2CCCC2=O)c1)NCc1ccc(C)cc1SC.